The van der Waals surface area contributed by atoms with Gasteiger partial charge in [-0.2, -0.15) is 0 Å². The monoisotopic (exact) mass is 400 g/mol. The van der Waals surface area contributed by atoms with Gasteiger partial charge in [-0.25, -0.2) is 0 Å². The molecule has 1 fully saturated rings. The molecule has 0 aliphatic heterocycles. The van der Waals surface area contributed by atoms with Crippen LogP contribution in [0.3, 0.4) is 0 Å². The van der Waals surface area contributed by atoms with Crippen LogP contribution in [0.4, 0.5) is 0 Å². The highest BCUT2D eigenvalue weighted by molar-refractivity contribution is 6.04. The van der Waals surface area contributed by atoms with Gasteiger partial charge < -0.3 is 0 Å². The third kappa shape index (κ3) is 5.52. The molecule has 6 nitrogen and oxygen atoms in total. The van der Waals surface area contributed by atoms with Crippen LogP contribution in [0.5, 0.6) is 0 Å². The normalized spacial score (nSPS) is 19.7. The highest BCUT2D eigenvalue weighted by Crippen LogP contribution is 2.36. The first-order chi connectivity index (χ1) is 13.6. The predicted molar refractivity (Wildman–Crippen MR) is 111 cm³/mol. The van der Waals surface area contributed by atoms with Gasteiger partial charge in [0.1, 0.15) is 0 Å². The zero-order chi connectivity index (χ0) is 21.7. The maximum Gasteiger partial charge on any atom is 0.260 e. The molecule has 3 atom stereocenters. The first-order valence-electron chi connectivity index (χ1n) is 10.3. The smallest absolute Gasteiger partial charge is 0.260 e. The first-order valence-corrected chi connectivity index (χ1v) is 10.3. The van der Waals surface area contributed by atoms with E-state index in [9.17, 15) is 19.2 Å². The van der Waals surface area contributed by atoms with Crippen molar-refractivity contribution >= 4 is 23.6 Å². The number of imide groups is 2. The summed E-state index contributed by atoms with van der Waals surface area (Å²) < 4.78 is 0. The zero-order valence-corrected chi connectivity index (χ0v) is 18.1. The van der Waals surface area contributed by atoms with E-state index in [2.05, 4.69) is 0 Å². The van der Waals surface area contributed by atoms with Crippen molar-refractivity contribution in [3.8, 4) is 0 Å². The molecular weight excluding hydrogens is 368 g/mol. The minimum atomic E-state index is -0.309. The summed E-state index contributed by atoms with van der Waals surface area (Å²) in [5.74, 6) is -1.25. The predicted octanol–water partition coefficient (Wildman–Crippen LogP) is 3.37. The number of hydrogen-bond donors (Lipinski definition) is 0. The number of carbonyl (C=O) groups excluding carboxylic acids is 4. The Morgan fingerprint density at radius 1 is 0.931 bits per heavy atom. The number of hydrogen-bond acceptors (Lipinski definition) is 4. The van der Waals surface area contributed by atoms with Crippen molar-refractivity contribution in [3.05, 3.63) is 35.9 Å². The molecule has 0 N–H and O–H groups in total. The van der Waals surface area contributed by atoms with Crippen molar-refractivity contribution in [2.24, 2.45) is 23.7 Å². The highest BCUT2D eigenvalue weighted by atomic mass is 16.2. The van der Waals surface area contributed by atoms with Crippen molar-refractivity contribution in [2.45, 2.75) is 46.5 Å². The van der Waals surface area contributed by atoms with Crippen LogP contribution in [0.2, 0.25) is 0 Å². The summed E-state index contributed by atoms with van der Waals surface area (Å²) in [5.41, 5.74) is 0.486. The van der Waals surface area contributed by atoms with E-state index in [4.69, 9.17) is 0 Å². The summed E-state index contributed by atoms with van der Waals surface area (Å²) in [6.07, 6.45) is 2.91. The van der Waals surface area contributed by atoms with Crippen LogP contribution in [-0.2, 0) is 14.4 Å². The Labute approximate surface area is 173 Å². The molecule has 1 aromatic rings. The van der Waals surface area contributed by atoms with E-state index in [0.29, 0.717) is 18.4 Å². The number of rotatable bonds is 6. The third-order valence-corrected chi connectivity index (χ3v) is 5.81. The van der Waals surface area contributed by atoms with Gasteiger partial charge >= 0.3 is 0 Å². The van der Waals surface area contributed by atoms with Crippen molar-refractivity contribution in [1.82, 2.24) is 9.80 Å². The Balaban J connectivity index is 1.90. The first kappa shape index (κ1) is 22.8. The maximum atomic E-state index is 12.7. The second-order valence-corrected chi connectivity index (χ2v) is 8.47. The Kier molecular flexibility index (Phi) is 7.71. The van der Waals surface area contributed by atoms with E-state index in [1.807, 2.05) is 13.0 Å². The van der Waals surface area contributed by atoms with Crippen LogP contribution in [0.15, 0.2) is 30.3 Å². The SMILES string of the molecule is CC(C)C(=O)N(C)C(=O)C1CCC(CC(C)C(=O)N(C)C(=O)c2ccccc2)C1. The lowest BCUT2D eigenvalue weighted by Gasteiger charge is -2.23. The van der Waals surface area contributed by atoms with Crippen LogP contribution in [0, 0.1) is 23.7 Å². The maximum absolute atomic E-state index is 12.7. The molecule has 1 aromatic carbocycles. The second-order valence-electron chi connectivity index (χ2n) is 8.47. The van der Waals surface area contributed by atoms with E-state index < -0.39 is 0 Å². The van der Waals surface area contributed by atoms with Crippen molar-refractivity contribution in [1.29, 1.82) is 0 Å². The van der Waals surface area contributed by atoms with Gasteiger partial charge in [-0.05, 0) is 43.7 Å². The van der Waals surface area contributed by atoms with Crippen LogP contribution in [0.25, 0.3) is 0 Å². The lowest BCUT2D eigenvalue weighted by Crippen LogP contribution is -2.39. The number of amides is 4. The summed E-state index contributed by atoms with van der Waals surface area (Å²) in [5, 5.41) is 0. The summed E-state index contributed by atoms with van der Waals surface area (Å²) in [7, 11) is 3.07. The topological polar surface area (TPSA) is 74.8 Å². The Morgan fingerprint density at radius 2 is 1.55 bits per heavy atom. The molecule has 1 saturated carbocycles. The molecule has 0 aromatic heterocycles. The minimum Gasteiger partial charge on any atom is -0.285 e. The van der Waals surface area contributed by atoms with Gasteiger partial charge in [0.25, 0.3) is 5.91 Å². The molecular formula is C23H32N2O4. The lowest BCUT2D eigenvalue weighted by atomic mass is 9.92. The molecule has 0 radical (unpaired) electrons. The van der Waals surface area contributed by atoms with Gasteiger partial charge in [0, 0.05) is 37.4 Å². The fraction of sp³-hybridized carbons (Fsp3) is 0.565. The standard InChI is InChI=1S/C23H32N2O4/c1-15(2)20(26)24(4)23(29)19-12-11-17(14-19)13-16(3)21(27)25(5)22(28)18-9-7-6-8-10-18/h6-10,15-17,19H,11-14H2,1-5H3. The summed E-state index contributed by atoms with van der Waals surface area (Å²) in [4.78, 5) is 52.3. The molecule has 6 heteroatoms. The van der Waals surface area contributed by atoms with E-state index in [0.717, 1.165) is 12.8 Å². The van der Waals surface area contributed by atoms with Gasteiger partial charge in [0.15, 0.2) is 0 Å². The second kappa shape index (κ2) is 9.81. The zero-order valence-electron chi connectivity index (χ0n) is 18.1. The molecule has 4 amide bonds. The highest BCUT2D eigenvalue weighted by Gasteiger charge is 2.35. The quantitative estimate of drug-likeness (QED) is 0.734. The van der Waals surface area contributed by atoms with E-state index >= 15 is 0 Å². The van der Waals surface area contributed by atoms with Crippen molar-refractivity contribution in [3.63, 3.8) is 0 Å². The Bertz CT molecular complexity index is 759. The molecule has 0 saturated heterocycles. The largest absolute Gasteiger partial charge is 0.285 e. The van der Waals surface area contributed by atoms with Gasteiger partial charge in [-0.15, -0.1) is 0 Å². The van der Waals surface area contributed by atoms with E-state index in [-0.39, 0.29) is 47.3 Å². The van der Waals surface area contributed by atoms with Crippen LogP contribution >= 0.6 is 0 Å². The van der Waals surface area contributed by atoms with Gasteiger partial charge in [-0.1, -0.05) is 39.0 Å². The Hall–Kier alpha value is -2.50. The number of nitrogens with zero attached hydrogens (tertiary/aromatic N) is 2. The van der Waals surface area contributed by atoms with Crippen molar-refractivity contribution in [2.75, 3.05) is 14.1 Å². The third-order valence-electron chi connectivity index (χ3n) is 5.81. The molecule has 158 valence electrons. The van der Waals surface area contributed by atoms with Crippen LogP contribution in [-0.4, -0.2) is 47.5 Å². The fourth-order valence-electron chi connectivity index (χ4n) is 4.09. The van der Waals surface area contributed by atoms with Crippen molar-refractivity contribution < 1.29 is 19.2 Å². The summed E-state index contributed by atoms with van der Waals surface area (Å²) in [6.45, 7) is 5.40. The fourth-order valence-corrected chi connectivity index (χ4v) is 4.09. The van der Waals surface area contributed by atoms with Gasteiger partial charge in [0.2, 0.25) is 17.7 Å². The molecule has 2 rings (SSSR count). The molecule has 3 unspecified atom stereocenters. The number of carbonyl (C=O) groups is 4. The van der Waals surface area contributed by atoms with Crippen LogP contribution in [0.1, 0.15) is 56.8 Å². The minimum absolute atomic E-state index is 0.124. The van der Waals surface area contributed by atoms with E-state index in [1.165, 1.54) is 16.8 Å². The van der Waals surface area contributed by atoms with Gasteiger partial charge in [-0.3, -0.25) is 29.0 Å². The Morgan fingerprint density at radius 3 is 2.14 bits per heavy atom. The molecule has 0 heterocycles. The molecule has 29 heavy (non-hydrogen) atoms. The lowest BCUT2D eigenvalue weighted by molar-refractivity contribution is -0.147. The van der Waals surface area contributed by atoms with Crippen LogP contribution < -0.4 is 0 Å². The summed E-state index contributed by atoms with van der Waals surface area (Å²) >= 11 is 0. The molecule has 1 aliphatic carbocycles. The summed E-state index contributed by atoms with van der Waals surface area (Å²) in [6, 6.07) is 8.75. The molecule has 1 aliphatic rings. The number of benzene rings is 1. The van der Waals surface area contributed by atoms with Gasteiger partial charge in [0.05, 0.1) is 0 Å². The average molecular weight is 401 g/mol. The van der Waals surface area contributed by atoms with E-state index in [1.54, 1.807) is 45.2 Å². The molecule has 0 spiro atoms. The average Bonchev–Trinajstić information content (AvgIpc) is 3.19. The molecule has 0 bridgehead atoms.